The van der Waals surface area contributed by atoms with Gasteiger partial charge in [0.25, 0.3) is 5.91 Å². The maximum Gasteiger partial charge on any atom is 0.276 e. The van der Waals surface area contributed by atoms with Crippen molar-refractivity contribution in [3.8, 4) is 5.69 Å². The molecule has 1 aromatic carbocycles. The van der Waals surface area contributed by atoms with E-state index in [1.54, 1.807) is 27.6 Å². The van der Waals surface area contributed by atoms with Gasteiger partial charge in [-0.2, -0.15) is 0 Å². The number of hydrogen-bond donors (Lipinski definition) is 0. The average molecular weight is 313 g/mol. The third-order valence-corrected chi connectivity index (χ3v) is 4.02. The third kappa shape index (κ3) is 3.23. The van der Waals surface area contributed by atoms with E-state index in [4.69, 9.17) is 0 Å². The van der Waals surface area contributed by atoms with E-state index in [-0.39, 0.29) is 11.8 Å². The SMILES string of the molecule is CC(=O)N1CCN(C(=O)c2cn(-c3ccc(C)cc3)nn2)CC1. The number of rotatable bonds is 2. The van der Waals surface area contributed by atoms with Crippen molar-refractivity contribution in [2.45, 2.75) is 13.8 Å². The summed E-state index contributed by atoms with van der Waals surface area (Å²) < 4.78 is 1.60. The molecule has 0 atom stereocenters. The van der Waals surface area contributed by atoms with Gasteiger partial charge in [0.05, 0.1) is 11.9 Å². The first-order valence-corrected chi connectivity index (χ1v) is 7.59. The molecule has 0 N–H and O–H groups in total. The summed E-state index contributed by atoms with van der Waals surface area (Å²) in [4.78, 5) is 27.3. The molecular formula is C16H19N5O2. The number of hydrogen-bond acceptors (Lipinski definition) is 4. The monoisotopic (exact) mass is 313 g/mol. The number of piperazine rings is 1. The summed E-state index contributed by atoms with van der Waals surface area (Å²) in [6.07, 6.45) is 1.64. The van der Waals surface area contributed by atoms with Gasteiger partial charge in [-0.1, -0.05) is 22.9 Å². The maximum absolute atomic E-state index is 12.5. The number of carbonyl (C=O) groups excluding carboxylic acids is 2. The van der Waals surface area contributed by atoms with Crippen LogP contribution in [0.2, 0.25) is 0 Å². The van der Waals surface area contributed by atoms with Crippen LogP contribution in [0.3, 0.4) is 0 Å². The molecule has 0 aliphatic carbocycles. The molecule has 0 unspecified atom stereocenters. The fourth-order valence-electron chi connectivity index (χ4n) is 2.57. The van der Waals surface area contributed by atoms with Gasteiger partial charge in [-0.3, -0.25) is 9.59 Å². The smallest absolute Gasteiger partial charge is 0.276 e. The predicted octanol–water partition coefficient (Wildman–Crippen LogP) is 0.880. The topological polar surface area (TPSA) is 71.3 Å². The molecule has 0 spiro atoms. The molecule has 2 heterocycles. The number of carbonyl (C=O) groups is 2. The van der Waals surface area contributed by atoms with Crippen LogP contribution in [0.15, 0.2) is 30.5 Å². The van der Waals surface area contributed by atoms with Gasteiger partial charge >= 0.3 is 0 Å². The lowest BCUT2D eigenvalue weighted by Gasteiger charge is -2.33. The second kappa shape index (κ2) is 6.20. The van der Waals surface area contributed by atoms with Crippen LogP contribution in [-0.4, -0.2) is 62.8 Å². The predicted molar refractivity (Wildman–Crippen MR) is 84.3 cm³/mol. The van der Waals surface area contributed by atoms with Crippen molar-refractivity contribution < 1.29 is 9.59 Å². The zero-order chi connectivity index (χ0) is 16.4. The molecule has 23 heavy (non-hydrogen) atoms. The highest BCUT2D eigenvalue weighted by molar-refractivity contribution is 5.92. The van der Waals surface area contributed by atoms with Gasteiger partial charge in [0, 0.05) is 33.1 Å². The summed E-state index contributed by atoms with van der Waals surface area (Å²) in [7, 11) is 0. The van der Waals surface area contributed by atoms with Gasteiger partial charge in [0.1, 0.15) is 0 Å². The van der Waals surface area contributed by atoms with Crippen molar-refractivity contribution in [3.05, 3.63) is 41.7 Å². The highest BCUT2D eigenvalue weighted by Crippen LogP contribution is 2.11. The van der Waals surface area contributed by atoms with Gasteiger partial charge in [0.15, 0.2) is 5.69 Å². The molecule has 0 bridgehead atoms. The Morgan fingerprint density at radius 3 is 2.22 bits per heavy atom. The van der Waals surface area contributed by atoms with Crippen LogP contribution in [0.5, 0.6) is 0 Å². The van der Waals surface area contributed by atoms with Crippen molar-refractivity contribution in [3.63, 3.8) is 0 Å². The first-order chi connectivity index (χ1) is 11.0. The van der Waals surface area contributed by atoms with Gasteiger partial charge in [0.2, 0.25) is 5.91 Å². The fourth-order valence-corrected chi connectivity index (χ4v) is 2.57. The van der Waals surface area contributed by atoms with Crippen LogP contribution < -0.4 is 0 Å². The summed E-state index contributed by atoms with van der Waals surface area (Å²) in [5, 5.41) is 8.02. The lowest BCUT2D eigenvalue weighted by molar-refractivity contribution is -0.130. The van der Waals surface area contributed by atoms with E-state index in [0.29, 0.717) is 31.9 Å². The van der Waals surface area contributed by atoms with Crippen molar-refractivity contribution >= 4 is 11.8 Å². The summed E-state index contributed by atoms with van der Waals surface area (Å²) >= 11 is 0. The molecule has 120 valence electrons. The standard InChI is InChI=1S/C16H19N5O2/c1-12-3-5-14(6-4-12)21-11-15(17-18-21)16(23)20-9-7-19(8-10-20)13(2)22/h3-6,11H,7-10H2,1-2H3. The molecule has 7 heteroatoms. The zero-order valence-corrected chi connectivity index (χ0v) is 13.3. The molecule has 7 nitrogen and oxygen atoms in total. The second-order valence-corrected chi connectivity index (χ2v) is 5.68. The molecule has 0 radical (unpaired) electrons. The lowest BCUT2D eigenvalue weighted by atomic mass is 10.2. The van der Waals surface area contributed by atoms with E-state index in [1.165, 1.54) is 0 Å². The Hall–Kier alpha value is -2.70. The van der Waals surface area contributed by atoms with E-state index in [1.807, 2.05) is 31.2 Å². The van der Waals surface area contributed by atoms with Crippen LogP contribution in [0.4, 0.5) is 0 Å². The van der Waals surface area contributed by atoms with Gasteiger partial charge < -0.3 is 9.80 Å². The van der Waals surface area contributed by atoms with Crippen LogP contribution in [0.25, 0.3) is 5.69 Å². The number of nitrogens with zero attached hydrogens (tertiary/aromatic N) is 5. The summed E-state index contributed by atoms with van der Waals surface area (Å²) in [5.74, 6) is -0.103. The van der Waals surface area contributed by atoms with Crippen LogP contribution >= 0.6 is 0 Å². The molecule has 2 amide bonds. The molecule has 1 saturated heterocycles. The Kier molecular flexibility index (Phi) is 4.10. The lowest BCUT2D eigenvalue weighted by Crippen LogP contribution is -2.50. The van der Waals surface area contributed by atoms with Crippen molar-refractivity contribution in [2.75, 3.05) is 26.2 Å². The Morgan fingerprint density at radius 1 is 1.00 bits per heavy atom. The molecule has 0 saturated carbocycles. The van der Waals surface area contributed by atoms with Gasteiger partial charge in [-0.15, -0.1) is 5.10 Å². The molecule has 1 aliphatic heterocycles. The van der Waals surface area contributed by atoms with Crippen LogP contribution in [0.1, 0.15) is 23.0 Å². The average Bonchev–Trinajstić information content (AvgIpc) is 3.05. The van der Waals surface area contributed by atoms with Gasteiger partial charge in [-0.25, -0.2) is 4.68 Å². The number of amides is 2. The number of aryl methyl sites for hydroxylation is 1. The summed E-state index contributed by atoms with van der Waals surface area (Å²) in [6.45, 7) is 5.73. The van der Waals surface area contributed by atoms with E-state index >= 15 is 0 Å². The molecule has 1 aliphatic rings. The number of benzene rings is 1. The zero-order valence-electron chi connectivity index (χ0n) is 13.3. The van der Waals surface area contributed by atoms with Crippen molar-refractivity contribution in [2.24, 2.45) is 0 Å². The van der Waals surface area contributed by atoms with E-state index in [2.05, 4.69) is 10.3 Å². The van der Waals surface area contributed by atoms with Crippen LogP contribution in [-0.2, 0) is 4.79 Å². The molecule has 3 rings (SSSR count). The highest BCUT2D eigenvalue weighted by Gasteiger charge is 2.25. The van der Waals surface area contributed by atoms with E-state index in [9.17, 15) is 9.59 Å². The fraction of sp³-hybridized carbons (Fsp3) is 0.375. The molecule has 2 aromatic rings. The highest BCUT2D eigenvalue weighted by atomic mass is 16.2. The van der Waals surface area contributed by atoms with E-state index in [0.717, 1.165) is 11.3 Å². The Balaban J connectivity index is 1.69. The second-order valence-electron chi connectivity index (χ2n) is 5.68. The van der Waals surface area contributed by atoms with Gasteiger partial charge in [-0.05, 0) is 19.1 Å². The third-order valence-electron chi connectivity index (χ3n) is 4.02. The molecule has 1 aromatic heterocycles. The summed E-state index contributed by atoms with van der Waals surface area (Å²) in [6, 6.07) is 7.84. The molecule has 1 fully saturated rings. The first kappa shape index (κ1) is 15.2. The normalized spacial score (nSPS) is 14.9. The quantitative estimate of drug-likeness (QED) is 0.825. The van der Waals surface area contributed by atoms with Crippen molar-refractivity contribution in [1.29, 1.82) is 0 Å². The first-order valence-electron chi connectivity index (χ1n) is 7.59. The minimum absolute atomic E-state index is 0.0439. The molecular weight excluding hydrogens is 294 g/mol. The Bertz CT molecular complexity index is 714. The number of aromatic nitrogens is 3. The maximum atomic E-state index is 12.5. The summed E-state index contributed by atoms with van der Waals surface area (Å²) in [5.41, 5.74) is 2.35. The van der Waals surface area contributed by atoms with Crippen molar-refractivity contribution in [1.82, 2.24) is 24.8 Å². The van der Waals surface area contributed by atoms with Crippen LogP contribution in [0, 0.1) is 6.92 Å². The Labute approximate surface area is 134 Å². The minimum Gasteiger partial charge on any atom is -0.339 e. The minimum atomic E-state index is -0.147. The largest absolute Gasteiger partial charge is 0.339 e. The van der Waals surface area contributed by atoms with E-state index < -0.39 is 0 Å². The Morgan fingerprint density at radius 2 is 1.61 bits per heavy atom.